The Labute approximate surface area is 126 Å². The fourth-order valence-corrected chi connectivity index (χ4v) is 3.26. The molecule has 0 spiro atoms. The number of hydrogen-bond donors (Lipinski definition) is 1. The first-order chi connectivity index (χ1) is 10.1. The average molecular weight is 281 g/mol. The van der Waals surface area contributed by atoms with Crippen molar-refractivity contribution in [3.63, 3.8) is 0 Å². The highest BCUT2D eigenvalue weighted by atomic mass is 16.5. The summed E-state index contributed by atoms with van der Waals surface area (Å²) in [7, 11) is 0. The predicted octanol–water partition coefficient (Wildman–Crippen LogP) is 4.13. The summed E-state index contributed by atoms with van der Waals surface area (Å²) < 4.78 is 5.75. The van der Waals surface area contributed by atoms with Crippen LogP contribution in [0.2, 0.25) is 0 Å². The minimum atomic E-state index is -0.318. The maximum Gasteiger partial charge on any atom is 0.122 e. The van der Waals surface area contributed by atoms with Gasteiger partial charge in [-0.05, 0) is 49.8 Å². The molecule has 1 heterocycles. The first-order valence-electron chi connectivity index (χ1n) is 7.64. The summed E-state index contributed by atoms with van der Waals surface area (Å²) in [6.45, 7) is 5.04. The van der Waals surface area contributed by atoms with Crippen LogP contribution in [0.3, 0.4) is 0 Å². The molecule has 0 bridgehead atoms. The third-order valence-electron chi connectivity index (χ3n) is 4.43. The molecular weight excluding hydrogens is 258 g/mol. The molecule has 2 N–H and O–H groups in total. The minimum Gasteiger partial charge on any atom is -0.493 e. The predicted molar refractivity (Wildman–Crippen MR) is 86.6 cm³/mol. The van der Waals surface area contributed by atoms with Crippen LogP contribution in [0.5, 0.6) is 5.75 Å². The summed E-state index contributed by atoms with van der Waals surface area (Å²) in [4.78, 5) is 0. The molecule has 2 aromatic carbocycles. The number of ether oxygens (including phenoxy) is 1. The topological polar surface area (TPSA) is 35.2 Å². The summed E-state index contributed by atoms with van der Waals surface area (Å²) in [5.41, 5.74) is 10.1. The van der Waals surface area contributed by atoms with Gasteiger partial charge in [-0.3, -0.25) is 0 Å². The van der Waals surface area contributed by atoms with Crippen molar-refractivity contribution in [2.24, 2.45) is 5.73 Å². The number of rotatable bonds is 3. The highest BCUT2D eigenvalue weighted by molar-refractivity contribution is 5.39. The molecule has 0 radical (unpaired) electrons. The van der Waals surface area contributed by atoms with E-state index in [1.807, 2.05) is 6.07 Å². The molecule has 2 heteroatoms. The van der Waals surface area contributed by atoms with Crippen LogP contribution < -0.4 is 10.5 Å². The lowest BCUT2D eigenvalue weighted by atomic mass is 9.78. The van der Waals surface area contributed by atoms with E-state index in [2.05, 4.69) is 56.3 Å². The first-order valence-corrected chi connectivity index (χ1v) is 7.64. The van der Waals surface area contributed by atoms with Crippen LogP contribution in [0.1, 0.15) is 42.4 Å². The molecule has 2 aromatic rings. The Hall–Kier alpha value is -1.80. The molecule has 0 saturated heterocycles. The van der Waals surface area contributed by atoms with E-state index < -0.39 is 0 Å². The van der Waals surface area contributed by atoms with Gasteiger partial charge in [-0.15, -0.1) is 0 Å². The van der Waals surface area contributed by atoms with E-state index in [1.54, 1.807) is 0 Å². The molecule has 1 aliphatic rings. The third kappa shape index (κ3) is 2.96. The summed E-state index contributed by atoms with van der Waals surface area (Å²) >= 11 is 0. The molecule has 3 rings (SSSR count). The van der Waals surface area contributed by atoms with Crippen molar-refractivity contribution in [1.29, 1.82) is 0 Å². The van der Waals surface area contributed by atoms with E-state index in [1.165, 1.54) is 16.7 Å². The molecule has 2 atom stereocenters. The monoisotopic (exact) mass is 281 g/mol. The highest BCUT2D eigenvalue weighted by Crippen LogP contribution is 2.40. The van der Waals surface area contributed by atoms with Gasteiger partial charge in [0.05, 0.1) is 6.61 Å². The number of benzene rings is 2. The smallest absolute Gasteiger partial charge is 0.122 e. The van der Waals surface area contributed by atoms with Gasteiger partial charge in [0.1, 0.15) is 5.75 Å². The molecule has 0 amide bonds. The van der Waals surface area contributed by atoms with Gasteiger partial charge < -0.3 is 10.5 Å². The van der Waals surface area contributed by atoms with Gasteiger partial charge >= 0.3 is 0 Å². The Balaban J connectivity index is 1.86. The second-order valence-corrected chi connectivity index (χ2v) is 6.36. The highest BCUT2D eigenvalue weighted by Gasteiger charge is 2.30. The maximum atomic E-state index is 6.65. The van der Waals surface area contributed by atoms with E-state index in [4.69, 9.17) is 10.5 Å². The van der Waals surface area contributed by atoms with Crippen LogP contribution >= 0.6 is 0 Å². The maximum absolute atomic E-state index is 6.65. The van der Waals surface area contributed by atoms with E-state index in [9.17, 15) is 0 Å². The van der Waals surface area contributed by atoms with Crippen LogP contribution in [0.25, 0.3) is 0 Å². The number of fused-ring (bicyclic) bond motifs is 1. The van der Waals surface area contributed by atoms with Crippen molar-refractivity contribution in [3.8, 4) is 5.75 Å². The molecule has 0 fully saturated rings. The summed E-state index contributed by atoms with van der Waals surface area (Å²) in [5.74, 6) is 1.49. The Morgan fingerprint density at radius 3 is 2.81 bits per heavy atom. The zero-order chi connectivity index (χ0) is 14.9. The lowest BCUT2D eigenvalue weighted by Gasteiger charge is -2.33. The van der Waals surface area contributed by atoms with Crippen molar-refractivity contribution in [2.75, 3.05) is 6.61 Å². The van der Waals surface area contributed by atoms with Crippen LogP contribution in [0.15, 0.2) is 48.5 Å². The largest absolute Gasteiger partial charge is 0.493 e. The lowest BCUT2D eigenvalue weighted by Crippen LogP contribution is -2.36. The lowest BCUT2D eigenvalue weighted by molar-refractivity contribution is 0.247. The Morgan fingerprint density at radius 2 is 2.00 bits per heavy atom. The van der Waals surface area contributed by atoms with Gasteiger partial charge in [-0.1, -0.05) is 48.0 Å². The number of hydrogen-bond acceptors (Lipinski definition) is 2. The van der Waals surface area contributed by atoms with E-state index in [-0.39, 0.29) is 5.54 Å². The van der Waals surface area contributed by atoms with Crippen LogP contribution in [-0.4, -0.2) is 6.61 Å². The van der Waals surface area contributed by atoms with Gasteiger partial charge in [0, 0.05) is 5.54 Å². The van der Waals surface area contributed by atoms with Gasteiger partial charge in [0.15, 0.2) is 0 Å². The van der Waals surface area contributed by atoms with Crippen molar-refractivity contribution in [1.82, 2.24) is 0 Å². The number of aryl methyl sites for hydroxylation is 1. The molecule has 0 aliphatic carbocycles. The molecule has 2 unspecified atom stereocenters. The van der Waals surface area contributed by atoms with Gasteiger partial charge in [-0.2, -0.15) is 0 Å². The Kier molecular flexibility index (Phi) is 3.73. The normalized spacial score (nSPS) is 20.2. The molecule has 0 aromatic heterocycles. The second-order valence-electron chi connectivity index (χ2n) is 6.36. The van der Waals surface area contributed by atoms with Gasteiger partial charge in [0.2, 0.25) is 0 Å². The standard InChI is InChI=1S/C19H23NO/c1-14-6-5-7-16(12-14)19(2,20)13-15-10-11-21-18-9-4-3-8-17(15)18/h3-9,12,15H,10-11,13,20H2,1-2H3. The minimum absolute atomic E-state index is 0.318. The van der Waals surface area contributed by atoms with E-state index in [0.717, 1.165) is 25.2 Å². The third-order valence-corrected chi connectivity index (χ3v) is 4.43. The zero-order valence-corrected chi connectivity index (χ0v) is 12.8. The second kappa shape index (κ2) is 5.53. The summed E-state index contributed by atoms with van der Waals surface area (Å²) in [5, 5.41) is 0. The van der Waals surface area contributed by atoms with Gasteiger partial charge in [0.25, 0.3) is 0 Å². The Bertz CT molecular complexity index is 633. The SMILES string of the molecule is Cc1cccc(C(C)(N)CC2CCOc3ccccc32)c1. The van der Waals surface area contributed by atoms with E-state index >= 15 is 0 Å². The molecule has 21 heavy (non-hydrogen) atoms. The first kappa shape index (κ1) is 14.2. The molecule has 0 saturated carbocycles. The van der Waals surface area contributed by atoms with Crippen molar-refractivity contribution < 1.29 is 4.74 Å². The van der Waals surface area contributed by atoms with Gasteiger partial charge in [-0.25, -0.2) is 0 Å². The molecule has 2 nitrogen and oxygen atoms in total. The fraction of sp³-hybridized carbons (Fsp3) is 0.368. The molecule has 110 valence electrons. The van der Waals surface area contributed by atoms with E-state index in [0.29, 0.717) is 5.92 Å². The summed E-state index contributed by atoms with van der Waals surface area (Å²) in [6, 6.07) is 16.9. The number of nitrogens with two attached hydrogens (primary N) is 1. The van der Waals surface area contributed by atoms with Crippen LogP contribution in [0, 0.1) is 6.92 Å². The average Bonchev–Trinajstić information content (AvgIpc) is 2.47. The zero-order valence-electron chi connectivity index (χ0n) is 12.8. The fourth-order valence-electron chi connectivity index (χ4n) is 3.26. The Morgan fingerprint density at radius 1 is 1.19 bits per heavy atom. The molecular formula is C19H23NO. The molecule has 1 aliphatic heterocycles. The van der Waals surface area contributed by atoms with Crippen molar-refractivity contribution in [3.05, 3.63) is 65.2 Å². The number of para-hydroxylation sites is 1. The quantitative estimate of drug-likeness (QED) is 0.918. The van der Waals surface area contributed by atoms with Crippen LogP contribution in [0.4, 0.5) is 0 Å². The van der Waals surface area contributed by atoms with Crippen LogP contribution in [-0.2, 0) is 5.54 Å². The van der Waals surface area contributed by atoms with Crippen molar-refractivity contribution in [2.45, 2.75) is 38.1 Å². The van der Waals surface area contributed by atoms with Crippen molar-refractivity contribution >= 4 is 0 Å². The summed E-state index contributed by atoms with van der Waals surface area (Å²) in [6.07, 6.45) is 1.98.